The Hall–Kier alpha value is -6.25. The second kappa shape index (κ2) is 13.0. The van der Waals surface area contributed by atoms with Crippen molar-refractivity contribution in [3.8, 4) is 11.3 Å². The van der Waals surface area contributed by atoms with Crippen molar-refractivity contribution in [3.63, 3.8) is 0 Å². The Kier molecular flexibility index (Phi) is 8.06. The third-order valence-electron chi connectivity index (χ3n) is 9.44. The lowest BCUT2D eigenvalue weighted by Crippen LogP contribution is -2.52. The Morgan fingerprint density at radius 3 is 2.60 bits per heavy atom. The summed E-state index contributed by atoms with van der Waals surface area (Å²) in [6.45, 7) is 1.47. The van der Waals surface area contributed by atoms with Gasteiger partial charge in [-0.15, -0.1) is 0 Å². The molecule has 0 saturated carbocycles. The summed E-state index contributed by atoms with van der Waals surface area (Å²) in [5, 5.41) is 13.2. The van der Waals surface area contributed by atoms with Crippen LogP contribution in [0.4, 0.5) is 17.5 Å². The third-order valence-corrected chi connectivity index (χ3v) is 9.44. The van der Waals surface area contributed by atoms with Crippen molar-refractivity contribution in [2.75, 3.05) is 30.3 Å². The van der Waals surface area contributed by atoms with Crippen LogP contribution < -0.4 is 16.0 Å². The average Bonchev–Trinajstić information content (AvgIpc) is 3.77. The predicted octanol–water partition coefficient (Wildman–Crippen LogP) is 3.06. The van der Waals surface area contributed by atoms with Crippen LogP contribution in [-0.2, 0) is 20.9 Å². The molecule has 2 aromatic carbocycles. The minimum atomic E-state index is -0.701. The second-order valence-electron chi connectivity index (χ2n) is 12.5. The molecule has 6 heterocycles. The molecule has 2 saturated heterocycles. The SMILES string of the molecule is O=C1CCC(N2Cc3c(Nc4ccnc(NCC(=O)N5CCC(n6cc(-c7cnc8ccccc8n7)cn6)CC5)n4)cccc3C2=O)C(=O)N1. The molecule has 3 aliphatic heterocycles. The number of hydrogen-bond donors (Lipinski definition) is 3. The van der Waals surface area contributed by atoms with Crippen molar-refractivity contribution >= 4 is 52.1 Å². The number of imide groups is 1. The van der Waals surface area contributed by atoms with E-state index in [1.165, 1.54) is 4.90 Å². The van der Waals surface area contributed by atoms with Crippen molar-refractivity contribution in [3.05, 3.63) is 84.4 Å². The van der Waals surface area contributed by atoms with E-state index in [1.54, 1.807) is 30.6 Å². The molecule has 0 aliphatic carbocycles. The van der Waals surface area contributed by atoms with Gasteiger partial charge < -0.3 is 20.4 Å². The van der Waals surface area contributed by atoms with Crippen LogP contribution in [0.2, 0.25) is 0 Å². The van der Waals surface area contributed by atoms with Gasteiger partial charge in [0.15, 0.2) is 0 Å². The summed E-state index contributed by atoms with van der Waals surface area (Å²) in [7, 11) is 0. The highest BCUT2D eigenvalue weighted by Crippen LogP contribution is 2.33. The van der Waals surface area contributed by atoms with Crippen molar-refractivity contribution in [2.24, 2.45) is 0 Å². The monoisotopic (exact) mass is 671 g/mol. The van der Waals surface area contributed by atoms with Crippen LogP contribution in [0, 0.1) is 0 Å². The maximum absolute atomic E-state index is 13.2. The van der Waals surface area contributed by atoms with Gasteiger partial charge in [0.1, 0.15) is 11.9 Å². The number of anilines is 3. The van der Waals surface area contributed by atoms with Gasteiger partial charge in [0.2, 0.25) is 23.7 Å². The number of hydrogen-bond acceptors (Lipinski definition) is 11. The average molecular weight is 672 g/mol. The first kappa shape index (κ1) is 31.0. The van der Waals surface area contributed by atoms with Crippen LogP contribution in [0.15, 0.2) is 73.3 Å². The smallest absolute Gasteiger partial charge is 0.255 e. The maximum atomic E-state index is 13.2. The largest absolute Gasteiger partial charge is 0.345 e. The highest BCUT2D eigenvalue weighted by molar-refractivity contribution is 6.06. The van der Waals surface area contributed by atoms with Crippen LogP contribution in [0.1, 0.15) is 47.6 Å². The van der Waals surface area contributed by atoms with Gasteiger partial charge in [-0.05, 0) is 49.6 Å². The minimum Gasteiger partial charge on any atom is -0.345 e. The van der Waals surface area contributed by atoms with Gasteiger partial charge in [-0.3, -0.25) is 34.2 Å². The molecule has 3 aliphatic rings. The normalized spacial score (nSPS) is 17.9. The number of carbonyl (C=O) groups excluding carboxylic acids is 4. The van der Waals surface area contributed by atoms with Crippen LogP contribution in [0.25, 0.3) is 22.3 Å². The van der Waals surface area contributed by atoms with E-state index in [2.05, 4.69) is 36.0 Å². The van der Waals surface area contributed by atoms with Gasteiger partial charge in [0.05, 0.1) is 41.7 Å². The quantitative estimate of drug-likeness (QED) is 0.206. The number of fused-ring (bicyclic) bond motifs is 2. The third kappa shape index (κ3) is 6.08. The molecule has 1 atom stereocenters. The number of carbonyl (C=O) groups is 4. The molecule has 50 heavy (non-hydrogen) atoms. The fourth-order valence-corrected chi connectivity index (χ4v) is 6.77. The van der Waals surface area contributed by atoms with E-state index in [0.29, 0.717) is 36.6 Å². The summed E-state index contributed by atoms with van der Waals surface area (Å²) in [5.74, 6) is -0.326. The lowest BCUT2D eigenvalue weighted by Gasteiger charge is -2.32. The van der Waals surface area contributed by atoms with E-state index in [9.17, 15) is 19.2 Å². The summed E-state index contributed by atoms with van der Waals surface area (Å²) < 4.78 is 1.96. The number of aromatic nitrogens is 6. The number of amides is 4. The number of rotatable bonds is 8. The number of piperidine rings is 2. The topological polar surface area (TPSA) is 180 Å². The Bertz CT molecular complexity index is 2140. The van der Waals surface area contributed by atoms with Gasteiger partial charge in [-0.1, -0.05) is 18.2 Å². The van der Waals surface area contributed by atoms with E-state index in [0.717, 1.165) is 40.7 Å². The Balaban J connectivity index is 0.853. The molecule has 15 heteroatoms. The van der Waals surface area contributed by atoms with Crippen molar-refractivity contribution in [1.29, 1.82) is 0 Å². The molecular weight excluding hydrogens is 638 g/mol. The molecule has 5 aromatic rings. The van der Waals surface area contributed by atoms with Crippen LogP contribution in [-0.4, -0.2) is 88.8 Å². The van der Waals surface area contributed by atoms with E-state index >= 15 is 0 Å². The lowest BCUT2D eigenvalue weighted by molar-refractivity contribution is -0.137. The Morgan fingerprint density at radius 2 is 1.76 bits per heavy atom. The van der Waals surface area contributed by atoms with Crippen LogP contribution in [0.3, 0.4) is 0 Å². The summed E-state index contributed by atoms with van der Waals surface area (Å²) in [5.41, 5.74) is 5.27. The molecule has 1 unspecified atom stereocenters. The summed E-state index contributed by atoms with van der Waals surface area (Å²) in [6, 6.07) is 14.3. The molecule has 252 valence electrons. The fraction of sp³-hybridized carbons (Fsp3) is 0.286. The first-order valence-corrected chi connectivity index (χ1v) is 16.5. The molecule has 8 rings (SSSR count). The highest BCUT2D eigenvalue weighted by atomic mass is 16.2. The van der Waals surface area contributed by atoms with E-state index in [4.69, 9.17) is 4.98 Å². The van der Waals surface area contributed by atoms with Crippen LogP contribution >= 0.6 is 0 Å². The molecule has 2 fully saturated rings. The summed E-state index contributed by atoms with van der Waals surface area (Å²) >= 11 is 0. The fourth-order valence-electron chi connectivity index (χ4n) is 6.77. The molecule has 4 amide bonds. The molecule has 15 nitrogen and oxygen atoms in total. The molecular formula is C35H33N11O4. The number of nitrogens with zero attached hydrogens (tertiary/aromatic N) is 8. The number of likely N-dealkylation sites (tertiary alicyclic amines) is 1. The standard InChI is InChI=1S/C35H33N11O4/c47-31-9-8-29(33(49)43-31)45-20-24-23(34(45)50)4-3-7-25(24)41-30-10-13-36-35(42-30)38-18-32(48)44-14-11-22(12-15-44)46-19-21(16-39-46)28-17-37-26-5-1-2-6-27(26)40-28/h1-7,10,13,16-17,19,22,29H,8-9,11-12,14-15,18,20H2,(H,43,47,49)(H2,36,38,41,42). The van der Waals surface area contributed by atoms with Gasteiger partial charge in [-0.25, -0.2) is 9.97 Å². The van der Waals surface area contributed by atoms with E-state index < -0.39 is 11.9 Å². The first-order valence-electron chi connectivity index (χ1n) is 16.5. The zero-order valence-electron chi connectivity index (χ0n) is 27.0. The van der Waals surface area contributed by atoms with Gasteiger partial charge >= 0.3 is 0 Å². The summed E-state index contributed by atoms with van der Waals surface area (Å²) in [6.07, 6.45) is 9.18. The number of para-hydroxylation sites is 2. The van der Waals surface area contributed by atoms with Crippen molar-refractivity contribution < 1.29 is 19.2 Å². The van der Waals surface area contributed by atoms with E-state index in [1.807, 2.05) is 52.3 Å². The molecule has 0 spiro atoms. The van der Waals surface area contributed by atoms with Gasteiger partial charge in [0.25, 0.3) is 5.91 Å². The molecule has 0 radical (unpaired) electrons. The molecule has 3 N–H and O–H groups in total. The maximum Gasteiger partial charge on any atom is 0.255 e. The van der Waals surface area contributed by atoms with Crippen molar-refractivity contribution in [1.82, 2.24) is 44.8 Å². The number of benzene rings is 2. The van der Waals surface area contributed by atoms with E-state index in [-0.39, 0.29) is 49.2 Å². The molecule has 0 bridgehead atoms. The minimum absolute atomic E-state index is 0.0385. The summed E-state index contributed by atoms with van der Waals surface area (Å²) in [4.78, 5) is 71.8. The zero-order chi connectivity index (χ0) is 34.2. The lowest BCUT2D eigenvalue weighted by atomic mass is 10.0. The molecule has 3 aromatic heterocycles. The Labute approximate surface area is 286 Å². The van der Waals surface area contributed by atoms with Crippen LogP contribution in [0.5, 0.6) is 0 Å². The van der Waals surface area contributed by atoms with Gasteiger partial charge in [-0.2, -0.15) is 10.1 Å². The van der Waals surface area contributed by atoms with Crippen molar-refractivity contribution in [2.45, 2.75) is 44.3 Å². The Morgan fingerprint density at radius 1 is 0.920 bits per heavy atom. The van der Waals surface area contributed by atoms with Gasteiger partial charge in [0, 0.05) is 60.8 Å². The zero-order valence-corrected chi connectivity index (χ0v) is 27.0. The first-order chi connectivity index (χ1) is 24.4. The number of nitrogens with one attached hydrogen (secondary N) is 3. The predicted molar refractivity (Wildman–Crippen MR) is 182 cm³/mol. The second-order valence-corrected chi connectivity index (χ2v) is 12.5. The highest BCUT2D eigenvalue weighted by Gasteiger charge is 2.40.